The van der Waals surface area contributed by atoms with Gasteiger partial charge in [0.2, 0.25) is 0 Å². The highest BCUT2D eigenvalue weighted by Gasteiger charge is 2.26. The molecule has 1 saturated carbocycles. The summed E-state index contributed by atoms with van der Waals surface area (Å²) in [6.45, 7) is 8.99. The van der Waals surface area contributed by atoms with Crippen molar-refractivity contribution in [3.8, 4) is 0 Å². The molecule has 2 heteroatoms. The summed E-state index contributed by atoms with van der Waals surface area (Å²) in [5.74, 6) is 2.42. The van der Waals surface area contributed by atoms with Gasteiger partial charge in [-0.3, -0.25) is 0 Å². The highest BCUT2D eigenvalue weighted by atomic mass is 15.1. The second kappa shape index (κ2) is 5.86. The van der Waals surface area contributed by atoms with Crippen LogP contribution in [0.15, 0.2) is 0 Å². The molecule has 15 heavy (non-hydrogen) atoms. The largest absolute Gasteiger partial charge is 0.330 e. The molecule has 0 aromatic heterocycles. The number of nitrogens with zero attached hydrogens (tertiary/aromatic N) is 1. The van der Waals surface area contributed by atoms with Gasteiger partial charge >= 0.3 is 0 Å². The molecule has 0 aromatic carbocycles. The second-order valence-electron chi connectivity index (χ2n) is 5.85. The quantitative estimate of drug-likeness (QED) is 0.775. The molecule has 2 N–H and O–H groups in total. The third-order valence-corrected chi connectivity index (χ3v) is 3.78. The van der Waals surface area contributed by atoms with Crippen molar-refractivity contribution < 1.29 is 0 Å². The first kappa shape index (κ1) is 13.0. The summed E-state index contributed by atoms with van der Waals surface area (Å²) in [6, 6.07) is 0.790. The van der Waals surface area contributed by atoms with E-state index in [1.165, 1.54) is 19.3 Å². The molecule has 0 aliphatic heterocycles. The van der Waals surface area contributed by atoms with Crippen LogP contribution >= 0.6 is 0 Å². The van der Waals surface area contributed by atoms with Crippen molar-refractivity contribution in [1.29, 1.82) is 0 Å². The van der Waals surface area contributed by atoms with Crippen molar-refractivity contribution in [2.75, 3.05) is 20.1 Å². The van der Waals surface area contributed by atoms with Crippen LogP contribution in [0.2, 0.25) is 0 Å². The predicted octanol–water partition coefficient (Wildman–Crippen LogP) is 2.34. The molecule has 2 nitrogen and oxygen atoms in total. The second-order valence-corrected chi connectivity index (χ2v) is 5.85. The smallest absolute Gasteiger partial charge is 0.00974 e. The van der Waals surface area contributed by atoms with E-state index in [9.17, 15) is 0 Å². The summed E-state index contributed by atoms with van der Waals surface area (Å²) in [4.78, 5) is 2.53. The first-order chi connectivity index (χ1) is 7.02. The van der Waals surface area contributed by atoms with Gasteiger partial charge in [0.25, 0.3) is 0 Å². The fourth-order valence-corrected chi connectivity index (χ4v) is 2.98. The molecule has 1 fully saturated rings. The summed E-state index contributed by atoms with van der Waals surface area (Å²) >= 11 is 0. The predicted molar refractivity (Wildman–Crippen MR) is 66.8 cm³/mol. The zero-order chi connectivity index (χ0) is 11.4. The summed E-state index contributed by atoms with van der Waals surface area (Å²) in [5.41, 5.74) is 5.68. The Kier molecular flexibility index (Phi) is 5.07. The first-order valence-electron chi connectivity index (χ1n) is 6.43. The van der Waals surface area contributed by atoms with Gasteiger partial charge in [-0.2, -0.15) is 0 Å². The maximum Gasteiger partial charge on any atom is 0.00974 e. The number of rotatable bonds is 4. The van der Waals surface area contributed by atoms with Crippen molar-refractivity contribution in [2.24, 2.45) is 23.5 Å². The lowest BCUT2D eigenvalue weighted by molar-refractivity contribution is 0.121. The SMILES string of the molecule is CC1CC(C)CC(N(C)CC(C)CN)C1. The standard InChI is InChI=1S/C13H28N2/c1-10-5-11(2)7-13(6-10)15(4)9-12(3)8-14/h10-13H,5-9,14H2,1-4H3. The van der Waals surface area contributed by atoms with Crippen LogP contribution in [0.25, 0.3) is 0 Å². The highest BCUT2D eigenvalue weighted by molar-refractivity contribution is 4.81. The van der Waals surface area contributed by atoms with Crippen molar-refractivity contribution >= 4 is 0 Å². The maximum absolute atomic E-state index is 5.68. The van der Waals surface area contributed by atoms with E-state index in [-0.39, 0.29) is 0 Å². The molecule has 0 heterocycles. The molecule has 0 amide bonds. The molecule has 0 saturated heterocycles. The zero-order valence-corrected chi connectivity index (χ0v) is 10.9. The Bertz CT molecular complexity index is 171. The number of nitrogens with two attached hydrogens (primary N) is 1. The normalized spacial score (nSPS) is 34.4. The summed E-state index contributed by atoms with van der Waals surface area (Å²) in [7, 11) is 2.27. The minimum Gasteiger partial charge on any atom is -0.330 e. The van der Waals surface area contributed by atoms with Crippen molar-refractivity contribution in [2.45, 2.75) is 46.1 Å². The van der Waals surface area contributed by atoms with Gasteiger partial charge in [-0.05, 0) is 50.6 Å². The Labute approximate surface area is 95.2 Å². The average Bonchev–Trinajstić information content (AvgIpc) is 2.16. The number of hydrogen-bond donors (Lipinski definition) is 1. The average molecular weight is 212 g/mol. The fourth-order valence-electron chi connectivity index (χ4n) is 2.98. The van der Waals surface area contributed by atoms with E-state index in [0.29, 0.717) is 5.92 Å². The van der Waals surface area contributed by atoms with E-state index >= 15 is 0 Å². The molecule has 3 unspecified atom stereocenters. The van der Waals surface area contributed by atoms with E-state index in [0.717, 1.165) is 31.0 Å². The third kappa shape index (κ3) is 4.12. The van der Waals surface area contributed by atoms with Gasteiger partial charge in [0, 0.05) is 12.6 Å². The van der Waals surface area contributed by atoms with E-state index in [4.69, 9.17) is 5.73 Å². The van der Waals surface area contributed by atoms with Crippen molar-refractivity contribution in [1.82, 2.24) is 4.90 Å². The van der Waals surface area contributed by atoms with Gasteiger partial charge in [0.1, 0.15) is 0 Å². The van der Waals surface area contributed by atoms with Crippen LogP contribution in [-0.4, -0.2) is 31.1 Å². The van der Waals surface area contributed by atoms with E-state index in [1.54, 1.807) is 0 Å². The Balaban J connectivity index is 2.40. The van der Waals surface area contributed by atoms with Crippen molar-refractivity contribution in [3.63, 3.8) is 0 Å². The molecule has 0 bridgehead atoms. The van der Waals surface area contributed by atoms with Gasteiger partial charge in [-0.15, -0.1) is 0 Å². The van der Waals surface area contributed by atoms with Crippen LogP contribution < -0.4 is 5.73 Å². The third-order valence-electron chi connectivity index (χ3n) is 3.78. The molecule has 3 atom stereocenters. The molecule has 0 radical (unpaired) electrons. The molecule has 0 spiro atoms. The Morgan fingerprint density at radius 2 is 1.73 bits per heavy atom. The molecule has 1 aliphatic rings. The van der Waals surface area contributed by atoms with Crippen LogP contribution in [0.3, 0.4) is 0 Å². The minimum absolute atomic E-state index is 0.627. The Morgan fingerprint density at radius 3 is 2.20 bits per heavy atom. The molecule has 90 valence electrons. The lowest BCUT2D eigenvalue weighted by Crippen LogP contribution is -2.41. The van der Waals surface area contributed by atoms with E-state index in [2.05, 4.69) is 32.7 Å². The summed E-state index contributed by atoms with van der Waals surface area (Å²) in [6.07, 6.45) is 4.16. The van der Waals surface area contributed by atoms with E-state index < -0.39 is 0 Å². The molecule has 0 aromatic rings. The molecular weight excluding hydrogens is 184 g/mol. The minimum atomic E-state index is 0.627. The van der Waals surface area contributed by atoms with Crippen LogP contribution in [0.4, 0.5) is 0 Å². The lowest BCUT2D eigenvalue weighted by atomic mass is 9.80. The Hall–Kier alpha value is -0.0800. The summed E-state index contributed by atoms with van der Waals surface area (Å²) < 4.78 is 0. The zero-order valence-electron chi connectivity index (χ0n) is 10.9. The molecule has 1 aliphatic carbocycles. The van der Waals surface area contributed by atoms with Gasteiger partial charge in [-0.25, -0.2) is 0 Å². The van der Waals surface area contributed by atoms with Gasteiger partial charge in [-0.1, -0.05) is 20.8 Å². The Morgan fingerprint density at radius 1 is 1.20 bits per heavy atom. The van der Waals surface area contributed by atoms with Gasteiger partial charge in [0.15, 0.2) is 0 Å². The monoisotopic (exact) mass is 212 g/mol. The number of hydrogen-bond acceptors (Lipinski definition) is 2. The van der Waals surface area contributed by atoms with Gasteiger partial charge in [0.05, 0.1) is 0 Å². The van der Waals surface area contributed by atoms with Crippen LogP contribution in [0.5, 0.6) is 0 Å². The topological polar surface area (TPSA) is 29.3 Å². The fraction of sp³-hybridized carbons (Fsp3) is 1.00. The highest BCUT2D eigenvalue weighted by Crippen LogP contribution is 2.31. The summed E-state index contributed by atoms with van der Waals surface area (Å²) in [5, 5.41) is 0. The van der Waals surface area contributed by atoms with Crippen LogP contribution in [0.1, 0.15) is 40.0 Å². The first-order valence-corrected chi connectivity index (χ1v) is 6.43. The van der Waals surface area contributed by atoms with Crippen molar-refractivity contribution in [3.05, 3.63) is 0 Å². The lowest BCUT2D eigenvalue weighted by Gasteiger charge is -2.38. The van der Waals surface area contributed by atoms with Gasteiger partial charge < -0.3 is 10.6 Å². The van der Waals surface area contributed by atoms with E-state index in [1.807, 2.05) is 0 Å². The molecule has 1 rings (SSSR count). The maximum atomic E-state index is 5.68. The van der Waals surface area contributed by atoms with Crippen LogP contribution in [0, 0.1) is 17.8 Å². The molecular formula is C13H28N2. The van der Waals surface area contributed by atoms with Crippen LogP contribution in [-0.2, 0) is 0 Å².